The van der Waals surface area contributed by atoms with Crippen LogP contribution in [-0.2, 0) is 0 Å². The van der Waals surface area contributed by atoms with E-state index in [2.05, 4.69) is 24.6 Å². The van der Waals surface area contributed by atoms with Crippen molar-refractivity contribution in [3.63, 3.8) is 0 Å². The highest BCUT2D eigenvalue weighted by atomic mass is 32.2. The first-order valence-corrected chi connectivity index (χ1v) is 6.80. The average molecular weight is 234 g/mol. The fourth-order valence-corrected chi connectivity index (χ4v) is 2.22. The lowest BCUT2D eigenvalue weighted by Gasteiger charge is -2.12. The number of hydrogen-bond donors (Lipinski definition) is 1. The Balaban J connectivity index is 2.56. The van der Waals surface area contributed by atoms with E-state index in [1.807, 2.05) is 36.9 Å². The van der Waals surface area contributed by atoms with Crippen molar-refractivity contribution in [2.24, 2.45) is 5.92 Å². The van der Waals surface area contributed by atoms with Gasteiger partial charge in [-0.3, -0.25) is 0 Å². The fourth-order valence-electron chi connectivity index (χ4n) is 1.53. The van der Waals surface area contributed by atoms with Gasteiger partial charge in [0, 0.05) is 12.2 Å². The Morgan fingerprint density at radius 3 is 2.81 bits per heavy atom. The Hall–Kier alpha value is -1.14. The SMILES string of the molecule is CSCC(C)CNc1ccc(C#N)c(C)c1. The highest BCUT2D eigenvalue weighted by Crippen LogP contribution is 2.15. The Labute approximate surface area is 102 Å². The predicted molar refractivity (Wildman–Crippen MR) is 71.9 cm³/mol. The maximum atomic E-state index is 8.82. The second-order valence-electron chi connectivity index (χ2n) is 4.08. The van der Waals surface area contributed by atoms with Crippen LogP contribution in [0.25, 0.3) is 0 Å². The summed E-state index contributed by atoms with van der Waals surface area (Å²) in [4.78, 5) is 0. The van der Waals surface area contributed by atoms with Gasteiger partial charge in [-0.05, 0) is 48.6 Å². The molecule has 1 rings (SSSR count). The number of rotatable bonds is 5. The van der Waals surface area contributed by atoms with Gasteiger partial charge in [-0.15, -0.1) is 0 Å². The van der Waals surface area contributed by atoms with E-state index >= 15 is 0 Å². The number of thioether (sulfide) groups is 1. The molecule has 0 bridgehead atoms. The van der Waals surface area contributed by atoms with Gasteiger partial charge in [0.15, 0.2) is 0 Å². The first-order valence-electron chi connectivity index (χ1n) is 5.41. The van der Waals surface area contributed by atoms with Gasteiger partial charge in [0.2, 0.25) is 0 Å². The van der Waals surface area contributed by atoms with Crippen LogP contribution >= 0.6 is 11.8 Å². The Bertz CT molecular complexity index is 382. The first-order chi connectivity index (χ1) is 7.67. The maximum absolute atomic E-state index is 8.82. The molecule has 0 aliphatic heterocycles. The van der Waals surface area contributed by atoms with Crippen molar-refractivity contribution in [2.45, 2.75) is 13.8 Å². The van der Waals surface area contributed by atoms with Gasteiger partial charge in [-0.1, -0.05) is 6.92 Å². The zero-order chi connectivity index (χ0) is 12.0. The molecule has 1 aromatic carbocycles. The van der Waals surface area contributed by atoms with Gasteiger partial charge in [0.1, 0.15) is 0 Å². The van der Waals surface area contributed by atoms with E-state index < -0.39 is 0 Å². The highest BCUT2D eigenvalue weighted by molar-refractivity contribution is 7.98. The molecule has 0 saturated carbocycles. The van der Waals surface area contributed by atoms with Gasteiger partial charge in [-0.25, -0.2) is 0 Å². The summed E-state index contributed by atoms with van der Waals surface area (Å²) in [5, 5.41) is 12.2. The molecule has 16 heavy (non-hydrogen) atoms. The number of hydrogen-bond acceptors (Lipinski definition) is 3. The van der Waals surface area contributed by atoms with Gasteiger partial charge in [0.25, 0.3) is 0 Å². The Kier molecular flexibility index (Phi) is 5.21. The molecule has 3 heteroatoms. The molecule has 0 aliphatic carbocycles. The molecule has 86 valence electrons. The third-order valence-corrected chi connectivity index (χ3v) is 3.36. The third-order valence-electron chi connectivity index (χ3n) is 2.45. The Morgan fingerprint density at radius 1 is 1.50 bits per heavy atom. The second-order valence-corrected chi connectivity index (χ2v) is 4.99. The number of aryl methyl sites for hydroxylation is 1. The summed E-state index contributed by atoms with van der Waals surface area (Å²) in [6, 6.07) is 8.05. The first kappa shape index (κ1) is 12.9. The number of benzene rings is 1. The molecule has 2 nitrogen and oxygen atoms in total. The summed E-state index contributed by atoms with van der Waals surface area (Å²) >= 11 is 1.87. The minimum Gasteiger partial charge on any atom is -0.385 e. The molecule has 0 aromatic heterocycles. The summed E-state index contributed by atoms with van der Waals surface area (Å²) in [5.41, 5.74) is 2.89. The molecule has 1 N–H and O–H groups in total. The van der Waals surface area contributed by atoms with Crippen LogP contribution in [0.1, 0.15) is 18.1 Å². The number of nitriles is 1. The molecule has 1 unspecified atom stereocenters. The lowest BCUT2D eigenvalue weighted by molar-refractivity contribution is 0.701. The molecule has 0 aliphatic rings. The predicted octanol–water partition coefficient (Wildman–Crippen LogP) is 3.28. The topological polar surface area (TPSA) is 35.8 Å². The zero-order valence-electron chi connectivity index (χ0n) is 10.1. The van der Waals surface area contributed by atoms with Gasteiger partial charge in [0.05, 0.1) is 11.6 Å². The van der Waals surface area contributed by atoms with Crippen molar-refractivity contribution in [1.82, 2.24) is 0 Å². The summed E-state index contributed by atoms with van der Waals surface area (Å²) < 4.78 is 0. The number of anilines is 1. The standard InChI is InChI=1S/C13H18N2S/c1-10(9-16-3)8-15-13-5-4-12(7-14)11(2)6-13/h4-6,10,15H,8-9H2,1-3H3. The molecule has 0 fully saturated rings. The van der Waals surface area contributed by atoms with E-state index in [-0.39, 0.29) is 0 Å². The molecule has 0 amide bonds. The van der Waals surface area contributed by atoms with E-state index in [4.69, 9.17) is 5.26 Å². The summed E-state index contributed by atoms with van der Waals surface area (Å²) in [5.74, 6) is 1.83. The lowest BCUT2D eigenvalue weighted by Crippen LogP contribution is -2.13. The summed E-state index contributed by atoms with van der Waals surface area (Å²) in [7, 11) is 0. The molecule has 1 aromatic rings. The molecule has 0 spiro atoms. The summed E-state index contributed by atoms with van der Waals surface area (Å²) in [6.07, 6.45) is 2.13. The van der Waals surface area contributed by atoms with Crippen LogP contribution < -0.4 is 5.32 Å². The van der Waals surface area contributed by atoms with E-state index in [1.165, 1.54) is 5.75 Å². The molecule has 0 heterocycles. The summed E-state index contributed by atoms with van der Waals surface area (Å²) in [6.45, 7) is 5.18. The molecular weight excluding hydrogens is 216 g/mol. The largest absolute Gasteiger partial charge is 0.385 e. The molecule has 0 radical (unpaired) electrons. The van der Waals surface area contributed by atoms with Crippen LogP contribution in [0.2, 0.25) is 0 Å². The van der Waals surface area contributed by atoms with Gasteiger partial charge in [-0.2, -0.15) is 17.0 Å². The van der Waals surface area contributed by atoms with E-state index in [1.54, 1.807) is 0 Å². The van der Waals surface area contributed by atoms with Crippen molar-refractivity contribution >= 4 is 17.4 Å². The zero-order valence-corrected chi connectivity index (χ0v) is 10.9. The van der Waals surface area contributed by atoms with Crippen molar-refractivity contribution in [3.8, 4) is 6.07 Å². The van der Waals surface area contributed by atoms with Crippen LogP contribution in [0, 0.1) is 24.2 Å². The normalized spacial score (nSPS) is 11.9. The maximum Gasteiger partial charge on any atom is 0.0994 e. The van der Waals surface area contributed by atoms with Crippen LogP contribution in [-0.4, -0.2) is 18.6 Å². The molecular formula is C13H18N2S. The van der Waals surface area contributed by atoms with Crippen LogP contribution in [0.4, 0.5) is 5.69 Å². The quantitative estimate of drug-likeness (QED) is 0.849. The van der Waals surface area contributed by atoms with Gasteiger partial charge < -0.3 is 5.32 Å². The van der Waals surface area contributed by atoms with E-state index in [9.17, 15) is 0 Å². The van der Waals surface area contributed by atoms with Crippen LogP contribution in [0.15, 0.2) is 18.2 Å². The van der Waals surface area contributed by atoms with Crippen LogP contribution in [0.3, 0.4) is 0 Å². The number of nitrogens with one attached hydrogen (secondary N) is 1. The van der Waals surface area contributed by atoms with Crippen molar-refractivity contribution < 1.29 is 0 Å². The smallest absolute Gasteiger partial charge is 0.0994 e. The lowest BCUT2D eigenvalue weighted by atomic mass is 10.1. The van der Waals surface area contributed by atoms with Crippen molar-refractivity contribution in [2.75, 3.05) is 23.9 Å². The average Bonchev–Trinajstić information content (AvgIpc) is 2.27. The second kappa shape index (κ2) is 6.44. The van der Waals surface area contributed by atoms with Crippen LogP contribution in [0.5, 0.6) is 0 Å². The van der Waals surface area contributed by atoms with Gasteiger partial charge >= 0.3 is 0 Å². The minimum absolute atomic E-state index is 0.658. The molecule has 0 saturated heterocycles. The fraction of sp³-hybridized carbons (Fsp3) is 0.462. The van der Waals surface area contributed by atoms with Crippen molar-refractivity contribution in [3.05, 3.63) is 29.3 Å². The molecule has 1 atom stereocenters. The monoisotopic (exact) mass is 234 g/mol. The van der Waals surface area contributed by atoms with Crippen molar-refractivity contribution in [1.29, 1.82) is 5.26 Å². The Morgan fingerprint density at radius 2 is 2.25 bits per heavy atom. The van der Waals surface area contributed by atoms with E-state index in [0.717, 1.165) is 23.4 Å². The third kappa shape index (κ3) is 3.79. The highest BCUT2D eigenvalue weighted by Gasteiger charge is 2.02. The van der Waals surface area contributed by atoms with E-state index in [0.29, 0.717) is 5.92 Å². The minimum atomic E-state index is 0.658. The number of nitrogens with zero attached hydrogens (tertiary/aromatic N) is 1.